The van der Waals surface area contributed by atoms with Gasteiger partial charge in [0.1, 0.15) is 18.2 Å². The number of aryl methyl sites for hydroxylation is 1. The van der Waals surface area contributed by atoms with Crippen LogP contribution in [0.4, 0.5) is 0 Å². The Morgan fingerprint density at radius 1 is 1.35 bits per heavy atom. The topological polar surface area (TPSA) is 67.4 Å². The van der Waals surface area contributed by atoms with Crippen LogP contribution in [0.25, 0.3) is 0 Å². The van der Waals surface area contributed by atoms with E-state index >= 15 is 0 Å². The van der Waals surface area contributed by atoms with Crippen molar-refractivity contribution in [2.24, 2.45) is 0 Å². The summed E-state index contributed by atoms with van der Waals surface area (Å²) >= 11 is 0. The molecule has 1 N–H and O–H groups in total. The Bertz CT molecular complexity index is 736. The highest BCUT2D eigenvalue weighted by molar-refractivity contribution is 5.72. The molecule has 2 aromatic rings. The van der Waals surface area contributed by atoms with Crippen LogP contribution < -0.4 is 10.1 Å². The van der Waals surface area contributed by atoms with Crippen molar-refractivity contribution in [1.82, 2.24) is 20.2 Å². The molecule has 1 saturated heterocycles. The fourth-order valence-electron chi connectivity index (χ4n) is 3.36. The quantitative estimate of drug-likeness (QED) is 0.828. The maximum atomic E-state index is 11.3. The molecule has 1 aliphatic rings. The van der Waals surface area contributed by atoms with Crippen molar-refractivity contribution in [1.29, 1.82) is 0 Å². The molecule has 1 amide bonds. The van der Waals surface area contributed by atoms with E-state index < -0.39 is 0 Å². The van der Waals surface area contributed by atoms with Gasteiger partial charge in [-0.3, -0.25) is 9.69 Å². The fraction of sp³-hybridized carbons (Fsp3) is 0.450. The number of hydrogen-bond acceptors (Lipinski definition) is 5. The van der Waals surface area contributed by atoms with E-state index in [1.807, 2.05) is 43.5 Å². The smallest absolute Gasteiger partial charge is 0.217 e. The van der Waals surface area contributed by atoms with Crippen LogP contribution in [0.15, 0.2) is 36.5 Å². The minimum atomic E-state index is -0.0453. The molecule has 2 heterocycles. The molecular weight excluding hydrogens is 328 g/mol. The molecule has 0 bridgehead atoms. The van der Waals surface area contributed by atoms with Gasteiger partial charge in [-0.15, -0.1) is 0 Å². The maximum absolute atomic E-state index is 11.3. The van der Waals surface area contributed by atoms with Crippen LogP contribution in [0.1, 0.15) is 42.9 Å². The highest BCUT2D eigenvalue weighted by Crippen LogP contribution is 2.32. The Labute approximate surface area is 154 Å². The van der Waals surface area contributed by atoms with E-state index in [4.69, 9.17) is 9.72 Å². The second kappa shape index (κ2) is 8.76. The molecule has 26 heavy (non-hydrogen) atoms. The zero-order valence-corrected chi connectivity index (χ0v) is 15.4. The van der Waals surface area contributed by atoms with E-state index in [9.17, 15) is 4.79 Å². The Balaban J connectivity index is 1.67. The molecule has 3 rings (SSSR count). The third-order valence-electron chi connectivity index (χ3n) is 4.62. The van der Waals surface area contributed by atoms with Gasteiger partial charge in [-0.05, 0) is 38.4 Å². The van der Waals surface area contributed by atoms with E-state index in [2.05, 4.69) is 15.2 Å². The Hall–Kier alpha value is -2.47. The molecular formula is C20H26N4O2. The van der Waals surface area contributed by atoms with Crippen molar-refractivity contribution < 1.29 is 9.53 Å². The number of amides is 1. The first-order chi connectivity index (χ1) is 12.6. The van der Waals surface area contributed by atoms with Gasteiger partial charge in [-0.1, -0.05) is 18.2 Å². The fourth-order valence-corrected chi connectivity index (χ4v) is 3.36. The average Bonchev–Trinajstić information content (AvgIpc) is 3.10. The van der Waals surface area contributed by atoms with Crippen molar-refractivity contribution in [3.05, 3.63) is 53.6 Å². The summed E-state index contributed by atoms with van der Waals surface area (Å²) in [6.45, 7) is 6.43. The van der Waals surface area contributed by atoms with Gasteiger partial charge in [0.15, 0.2) is 0 Å². The van der Waals surface area contributed by atoms with Crippen LogP contribution in [0.3, 0.4) is 0 Å². The Morgan fingerprint density at radius 2 is 2.15 bits per heavy atom. The predicted octanol–water partition coefficient (Wildman–Crippen LogP) is 2.64. The minimum Gasteiger partial charge on any atom is -0.492 e. The number of ether oxygens (including phenoxy) is 1. The molecule has 6 heteroatoms. The number of para-hydroxylation sites is 1. The number of benzene rings is 1. The number of nitrogens with one attached hydrogen (secondary N) is 1. The predicted molar refractivity (Wildman–Crippen MR) is 99.8 cm³/mol. The highest BCUT2D eigenvalue weighted by Gasteiger charge is 2.29. The largest absolute Gasteiger partial charge is 0.492 e. The first-order valence-corrected chi connectivity index (χ1v) is 9.12. The molecule has 0 saturated carbocycles. The van der Waals surface area contributed by atoms with Crippen LogP contribution in [-0.4, -0.2) is 40.5 Å². The zero-order valence-electron chi connectivity index (χ0n) is 15.4. The molecule has 6 nitrogen and oxygen atoms in total. The highest BCUT2D eigenvalue weighted by atomic mass is 16.5. The van der Waals surface area contributed by atoms with Crippen LogP contribution in [0, 0.1) is 6.92 Å². The lowest BCUT2D eigenvalue weighted by molar-refractivity contribution is -0.119. The molecule has 0 aliphatic carbocycles. The van der Waals surface area contributed by atoms with Crippen molar-refractivity contribution in [3.8, 4) is 5.75 Å². The molecule has 1 aromatic carbocycles. The SMILES string of the molecule is CC(=O)NCc1cnc(C)nc1[C@@H]1CCCN1CCOc1ccccc1. The maximum Gasteiger partial charge on any atom is 0.217 e. The number of likely N-dealkylation sites (tertiary alicyclic amines) is 1. The third kappa shape index (κ3) is 4.79. The summed E-state index contributed by atoms with van der Waals surface area (Å²) in [6.07, 6.45) is 4.04. The van der Waals surface area contributed by atoms with Gasteiger partial charge in [0, 0.05) is 31.8 Å². The molecule has 1 atom stereocenters. The van der Waals surface area contributed by atoms with Crippen LogP contribution in [0.5, 0.6) is 5.75 Å². The molecule has 0 spiro atoms. The molecule has 1 fully saturated rings. The van der Waals surface area contributed by atoms with E-state index in [1.54, 1.807) is 0 Å². The number of aromatic nitrogens is 2. The molecule has 0 unspecified atom stereocenters. The van der Waals surface area contributed by atoms with Gasteiger partial charge < -0.3 is 10.1 Å². The van der Waals surface area contributed by atoms with E-state index in [0.717, 1.165) is 48.8 Å². The summed E-state index contributed by atoms with van der Waals surface area (Å²) in [4.78, 5) is 22.7. The first kappa shape index (κ1) is 18.3. The van der Waals surface area contributed by atoms with Crippen LogP contribution in [0.2, 0.25) is 0 Å². The molecule has 0 radical (unpaired) electrons. The summed E-state index contributed by atoms with van der Waals surface area (Å²) in [6, 6.07) is 10.1. The lowest BCUT2D eigenvalue weighted by atomic mass is 10.1. The number of carbonyl (C=O) groups excluding carboxylic acids is 1. The zero-order chi connectivity index (χ0) is 18.4. The molecule has 1 aromatic heterocycles. The summed E-state index contributed by atoms with van der Waals surface area (Å²) in [5, 5.41) is 2.86. The van der Waals surface area contributed by atoms with Gasteiger partial charge in [-0.2, -0.15) is 0 Å². The molecule has 1 aliphatic heterocycles. The van der Waals surface area contributed by atoms with Crippen molar-refractivity contribution in [2.45, 2.75) is 39.3 Å². The Morgan fingerprint density at radius 3 is 2.92 bits per heavy atom. The van der Waals surface area contributed by atoms with Gasteiger partial charge in [0.2, 0.25) is 5.91 Å². The first-order valence-electron chi connectivity index (χ1n) is 9.12. The van der Waals surface area contributed by atoms with Crippen LogP contribution in [-0.2, 0) is 11.3 Å². The van der Waals surface area contributed by atoms with E-state index in [-0.39, 0.29) is 11.9 Å². The van der Waals surface area contributed by atoms with Gasteiger partial charge >= 0.3 is 0 Å². The summed E-state index contributed by atoms with van der Waals surface area (Å²) in [5.74, 6) is 1.61. The van der Waals surface area contributed by atoms with Gasteiger partial charge in [0.25, 0.3) is 0 Å². The Kier molecular flexibility index (Phi) is 6.17. The van der Waals surface area contributed by atoms with Crippen molar-refractivity contribution in [2.75, 3.05) is 19.7 Å². The standard InChI is InChI=1S/C20H26N4O2/c1-15-21-13-17(14-22-16(2)25)20(23-15)19-9-6-10-24(19)11-12-26-18-7-4-3-5-8-18/h3-5,7-8,13,19H,6,9-12,14H2,1-2H3,(H,22,25)/t19-/m0/s1. The monoisotopic (exact) mass is 354 g/mol. The van der Waals surface area contributed by atoms with Crippen molar-refractivity contribution >= 4 is 5.91 Å². The third-order valence-corrected chi connectivity index (χ3v) is 4.62. The average molecular weight is 354 g/mol. The number of nitrogens with zero attached hydrogens (tertiary/aromatic N) is 3. The number of rotatable bonds is 7. The summed E-state index contributed by atoms with van der Waals surface area (Å²) < 4.78 is 5.85. The number of carbonyl (C=O) groups is 1. The molecule has 138 valence electrons. The summed E-state index contributed by atoms with van der Waals surface area (Å²) in [7, 11) is 0. The van der Waals surface area contributed by atoms with Gasteiger partial charge in [-0.25, -0.2) is 9.97 Å². The second-order valence-corrected chi connectivity index (χ2v) is 6.59. The lowest BCUT2D eigenvalue weighted by Gasteiger charge is -2.26. The second-order valence-electron chi connectivity index (χ2n) is 6.59. The van der Waals surface area contributed by atoms with Gasteiger partial charge in [0.05, 0.1) is 11.7 Å². The van der Waals surface area contributed by atoms with E-state index in [1.165, 1.54) is 6.92 Å². The van der Waals surface area contributed by atoms with Crippen molar-refractivity contribution in [3.63, 3.8) is 0 Å². The van der Waals surface area contributed by atoms with E-state index in [0.29, 0.717) is 13.2 Å². The normalized spacial score (nSPS) is 17.2. The lowest BCUT2D eigenvalue weighted by Crippen LogP contribution is -2.30. The number of hydrogen-bond donors (Lipinski definition) is 1. The minimum absolute atomic E-state index is 0.0453. The summed E-state index contributed by atoms with van der Waals surface area (Å²) in [5.41, 5.74) is 2.02. The van der Waals surface area contributed by atoms with Crippen LogP contribution >= 0.6 is 0 Å².